The summed E-state index contributed by atoms with van der Waals surface area (Å²) in [6.45, 7) is 0.132. The maximum Gasteiger partial charge on any atom is 0.307 e. The zero-order chi connectivity index (χ0) is 18.3. The number of benzene rings is 2. The number of esters is 1. The molecule has 0 saturated carbocycles. The average Bonchev–Trinajstić information content (AvgIpc) is 2.60. The van der Waals surface area contributed by atoms with Crippen LogP contribution in [-0.4, -0.2) is 27.2 Å². The maximum atomic E-state index is 12.1. The Kier molecular flexibility index (Phi) is 7.31. The first kappa shape index (κ1) is 19.8. The van der Waals surface area contributed by atoms with Gasteiger partial charge in [-0.3, -0.25) is 4.79 Å². The van der Waals surface area contributed by atoms with Gasteiger partial charge in [0.25, 0.3) is 0 Å². The van der Waals surface area contributed by atoms with Gasteiger partial charge in [0.2, 0.25) is 10.0 Å². The highest BCUT2D eigenvalue weighted by Crippen LogP contribution is 2.16. The van der Waals surface area contributed by atoms with E-state index >= 15 is 0 Å². The number of halogens is 1. The molecule has 0 aliphatic heterocycles. The summed E-state index contributed by atoms with van der Waals surface area (Å²) in [5.41, 5.74) is 0.882. The SMILES string of the molecule is CSc1ccc(COC(=O)CCNS(=O)(=O)c2ccc(Cl)cc2)cc1. The Morgan fingerprint density at radius 3 is 2.36 bits per heavy atom. The van der Waals surface area contributed by atoms with Gasteiger partial charge in [-0.1, -0.05) is 23.7 Å². The molecular weight excluding hydrogens is 382 g/mol. The average molecular weight is 400 g/mol. The molecule has 8 heteroatoms. The highest BCUT2D eigenvalue weighted by atomic mass is 35.5. The molecule has 5 nitrogen and oxygen atoms in total. The molecule has 2 rings (SSSR count). The Morgan fingerprint density at radius 2 is 1.76 bits per heavy atom. The molecule has 134 valence electrons. The summed E-state index contributed by atoms with van der Waals surface area (Å²) in [6, 6.07) is 13.5. The van der Waals surface area contributed by atoms with E-state index in [0.29, 0.717) is 5.02 Å². The van der Waals surface area contributed by atoms with Crippen LogP contribution in [-0.2, 0) is 26.2 Å². The third kappa shape index (κ3) is 6.36. The van der Waals surface area contributed by atoms with Crippen LogP contribution in [0, 0.1) is 0 Å². The van der Waals surface area contributed by atoms with Gasteiger partial charge in [-0.25, -0.2) is 13.1 Å². The van der Waals surface area contributed by atoms with Gasteiger partial charge in [0.05, 0.1) is 11.3 Å². The minimum absolute atomic E-state index is 0.0325. The van der Waals surface area contributed by atoms with Crippen LogP contribution >= 0.6 is 23.4 Å². The van der Waals surface area contributed by atoms with Crippen LogP contribution in [0.15, 0.2) is 58.3 Å². The van der Waals surface area contributed by atoms with Crippen LogP contribution < -0.4 is 4.72 Å². The van der Waals surface area contributed by atoms with Crippen LogP contribution in [0.25, 0.3) is 0 Å². The minimum atomic E-state index is -3.67. The van der Waals surface area contributed by atoms with Crippen molar-refractivity contribution < 1.29 is 17.9 Å². The standard InChI is InChI=1S/C17H18ClNO4S2/c1-24-15-6-2-13(3-7-15)12-23-17(20)10-11-19-25(21,22)16-8-4-14(18)5-9-16/h2-9,19H,10-12H2,1H3. The Balaban J connectivity index is 1.76. The lowest BCUT2D eigenvalue weighted by Crippen LogP contribution is -2.26. The molecule has 2 aromatic rings. The summed E-state index contributed by atoms with van der Waals surface area (Å²) in [6.07, 6.45) is 1.94. The van der Waals surface area contributed by atoms with Crippen molar-refractivity contribution in [3.8, 4) is 0 Å². The van der Waals surface area contributed by atoms with Crippen molar-refractivity contribution in [3.63, 3.8) is 0 Å². The third-order valence-electron chi connectivity index (χ3n) is 3.30. The fourth-order valence-electron chi connectivity index (χ4n) is 1.94. The molecule has 25 heavy (non-hydrogen) atoms. The fourth-order valence-corrected chi connectivity index (χ4v) is 3.51. The van der Waals surface area contributed by atoms with Crippen LogP contribution in [0.1, 0.15) is 12.0 Å². The number of carbonyl (C=O) groups is 1. The van der Waals surface area contributed by atoms with Crippen molar-refractivity contribution in [2.75, 3.05) is 12.8 Å². The second kappa shape index (κ2) is 9.24. The second-order valence-electron chi connectivity index (χ2n) is 5.11. The largest absolute Gasteiger partial charge is 0.461 e. The van der Waals surface area contributed by atoms with Crippen molar-refractivity contribution in [2.45, 2.75) is 22.8 Å². The molecule has 0 aromatic heterocycles. The van der Waals surface area contributed by atoms with E-state index in [-0.39, 0.29) is 24.5 Å². The summed E-state index contributed by atoms with van der Waals surface area (Å²) < 4.78 is 31.6. The van der Waals surface area contributed by atoms with Gasteiger partial charge in [-0.2, -0.15) is 0 Å². The van der Waals surface area contributed by atoms with E-state index in [2.05, 4.69) is 4.72 Å². The van der Waals surface area contributed by atoms with Crippen LogP contribution in [0.5, 0.6) is 0 Å². The zero-order valence-corrected chi connectivity index (χ0v) is 16.0. The number of thioether (sulfide) groups is 1. The Bertz CT molecular complexity index is 806. The molecule has 0 bridgehead atoms. The summed E-state index contributed by atoms with van der Waals surface area (Å²) >= 11 is 7.37. The van der Waals surface area contributed by atoms with Crippen LogP contribution in [0.4, 0.5) is 0 Å². The number of hydrogen-bond acceptors (Lipinski definition) is 5. The normalized spacial score (nSPS) is 11.3. The van der Waals surface area contributed by atoms with Crippen molar-refractivity contribution >= 4 is 39.4 Å². The van der Waals surface area contributed by atoms with E-state index in [1.54, 1.807) is 11.8 Å². The lowest BCUT2D eigenvalue weighted by atomic mass is 10.2. The Hall–Kier alpha value is -1.54. The molecule has 0 radical (unpaired) electrons. The predicted octanol–water partition coefficient (Wildman–Crippen LogP) is 3.47. The second-order valence-corrected chi connectivity index (χ2v) is 8.19. The molecule has 1 N–H and O–H groups in total. The van der Waals surface area contributed by atoms with Gasteiger partial charge < -0.3 is 4.74 Å². The van der Waals surface area contributed by atoms with Crippen LogP contribution in [0.3, 0.4) is 0 Å². The van der Waals surface area contributed by atoms with Crippen molar-refractivity contribution in [3.05, 3.63) is 59.1 Å². The van der Waals surface area contributed by atoms with Gasteiger partial charge in [-0.05, 0) is 48.2 Å². The Morgan fingerprint density at radius 1 is 1.12 bits per heavy atom. The molecule has 0 fully saturated rings. The van der Waals surface area contributed by atoms with E-state index in [1.807, 2.05) is 30.5 Å². The molecule has 0 aliphatic carbocycles. The summed E-state index contributed by atoms with van der Waals surface area (Å²) in [5, 5.41) is 0.452. The first-order valence-electron chi connectivity index (χ1n) is 7.44. The fraction of sp³-hybridized carbons (Fsp3) is 0.235. The molecule has 0 amide bonds. The number of carbonyl (C=O) groups excluding carboxylic acids is 1. The summed E-state index contributed by atoms with van der Waals surface area (Å²) in [4.78, 5) is 13.0. The number of sulfonamides is 1. The molecule has 0 aliphatic rings. The maximum absolute atomic E-state index is 12.1. The van der Waals surface area contributed by atoms with Gasteiger partial charge in [0.1, 0.15) is 6.61 Å². The first-order valence-corrected chi connectivity index (χ1v) is 10.5. The lowest BCUT2D eigenvalue weighted by molar-refractivity contribution is -0.144. The van der Waals surface area contributed by atoms with Gasteiger partial charge in [-0.15, -0.1) is 11.8 Å². The third-order valence-corrected chi connectivity index (χ3v) is 5.78. The van der Waals surface area contributed by atoms with Gasteiger partial charge in [0.15, 0.2) is 0 Å². The molecule has 0 heterocycles. The number of nitrogens with one attached hydrogen (secondary N) is 1. The molecule has 2 aromatic carbocycles. The van der Waals surface area contributed by atoms with Crippen molar-refractivity contribution in [1.29, 1.82) is 0 Å². The number of hydrogen-bond donors (Lipinski definition) is 1. The first-order chi connectivity index (χ1) is 11.9. The van der Waals surface area contributed by atoms with Crippen molar-refractivity contribution in [2.24, 2.45) is 0 Å². The smallest absolute Gasteiger partial charge is 0.307 e. The van der Waals surface area contributed by atoms with Crippen LogP contribution in [0.2, 0.25) is 5.02 Å². The number of ether oxygens (including phenoxy) is 1. The van der Waals surface area contributed by atoms with E-state index in [0.717, 1.165) is 10.5 Å². The zero-order valence-electron chi connectivity index (χ0n) is 13.6. The van der Waals surface area contributed by atoms with E-state index in [9.17, 15) is 13.2 Å². The molecule has 0 spiro atoms. The molecule has 0 atom stereocenters. The molecule has 0 saturated heterocycles. The number of rotatable bonds is 8. The molecular formula is C17H18ClNO4S2. The quantitative estimate of drug-likeness (QED) is 0.543. The van der Waals surface area contributed by atoms with Crippen molar-refractivity contribution in [1.82, 2.24) is 4.72 Å². The summed E-state index contributed by atoms with van der Waals surface area (Å²) in [5.74, 6) is -0.465. The minimum Gasteiger partial charge on any atom is -0.461 e. The molecule has 0 unspecified atom stereocenters. The predicted molar refractivity (Wildman–Crippen MR) is 99.3 cm³/mol. The highest BCUT2D eigenvalue weighted by Gasteiger charge is 2.14. The van der Waals surface area contributed by atoms with E-state index in [1.165, 1.54) is 24.3 Å². The van der Waals surface area contributed by atoms with Gasteiger partial charge >= 0.3 is 5.97 Å². The lowest BCUT2D eigenvalue weighted by Gasteiger charge is -2.08. The van der Waals surface area contributed by atoms with Gasteiger partial charge in [0, 0.05) is 16.5 Å². The Labute approximate surface area is 156 Å². The highest BCUT2D eigenvalue weighted by molar-refractivity contribution is 7.98. The topological polar surface area (TPSA) is 72.5 Å². The van der Waals surface area contributed by atoms with E-state index in [4.69, 9.17) is 16.3 Å². The van der Waals surface area contributed by atoms with E-state index < -0.39 is 16.0 Å². The summed E-state index contributed by atoms with van der Waals surface area (Å²) in [7, 11) is -3.67. The monoisotopic (exact) mass is 399 g/mol.